The van der Waals surface area contributed by atoms with Gasteiger partial charge in [0.05, 0.1) is 5.69 Å². The van der Waals surface area contributed by atoms with E-state index in [0.29, 0.717) is 0 Å². The topological polar surface area (TPSA) is 17.3 Å². The number of benzene rings is 1. The van der Waals surface area contributed by atoms with Gasteiger partial charge in [-0.05, 0) is 61.9 Å². The van der Waals surface area contributed by atoms with E-state index in [1.165, 1.54) is 48.1 Å². The molecule has 108 valence electrons. The predicted molar refractivity (Wildman–Crippen MR) is 82.0 cm³/mol. The molecule has 0 amide bonds. The lowest BCUT2D eigenvalue weighted by molar-refractivity contribution is -0.00000417. The molecule has 0 bridgehead atoms. The van der Waals surface area contributed by atoms with Crippen molar-refractivity contribution < 1.29 is 17.0 Å². The number of rotatable bonds is 1. The van der Waals surface area contributed by atoms with Gasteiger partial charge in [-0.2, -0.15) is 0 Å². The average molecular weight is 342 g/mol. The van der Waals surface area contributed by atoms with Gasteiger partial charge in [-0.1, -0.05) is 18.2 Å². The third kappa shape index (κ3) is 2.51. The summed E-state index contributed by atoms with van der Waals surface area (Å²) in [5, 5.41) is 0. The molecule has 2 heterocycles. The van der Waals surface area contributed by atoms with E-state index in [9.17, 15) is 0 Å². The number of imidazole rings is 1. The molecule has 0 radical (unpaired) electrons. The SMILES string of the molecule is Cc1cccc2nc(-c3ccc4c(c3)CCCC4)cn12.[Br-]. The maximum atomic E-state index is 4.76. The number of aryl methyl sites for hydroxylation is 3. The van der Waals surface area contributed by atoms with E-state index >= 15 is 0 Å². The highest BCUT2D eigenvalue weighted by Crippen LogP contribution is 2.27. The van der Waals surface area contributed by atoms with E-state index in [4.69, 9.17) is 4.98 Å². The Hall–Kier alpha value is -1.61. The maximum absolute atomic E-state index is 4.76. The van der Waals surface area contributed by atoms with Crippen molar-refractivity contribution >= 4 is 5.65 Å². The molecular formula is C18H18BrN2-. The largest absolute Gasteiger partial charge is 1.00 e. The summed E-state index contributed by atoms with van der Waals surface area (Å²) < 4.78 is 2.16. The van der Waals surface area contributed by atoms with Crippen LogP contribution in [0.15, 0.2) is 42.6 Å². The van der Waals surface area contributed by atoms with Crippen molar-refractivity contribution in [2.45, 2.75) is 32.6 Å². The Balaban J connectivity index is 0.00000132. The van der Waals surface area contributed by atoms with Crippen LogP contribution >= 0.6 is 0 Å². The second kappa shape index (κ2) is 5.64. The molecule has 0 atom stereocenters. The molecule has 1 aromatic carbocycles. The molecular weight excluding hydrogens is 324 g/mol. The number of pyridine rings is 1. The minimum absolute atomic E-state index is 0. The minimum Gasteiger partial charge on any atom is -1.00 e. The van der Waals surface area contributed by atoms with Crippen LogP contribution in [0.1, 0.15) is 29.7 Å². The third-order valence-electron chi connectivity index (χ3n) is 4.34. The molecule has 0 spiro atoms. The van der Waals surface area contributed by atoms with Crippen LogP contribution in [0.5, 0.6) is 0 Å². The summed E-state index contributed by atoms with van der Waals surface area (Å²) in [5.41, 5.74) is 7.61. The Morgan fingerprint density at radius 3 is 2.62 bits per heavy atom. The first-order chi connectivity index (χ1) is 9.81. The van der Waals surface area contributed by atoms with Gasteiger partial charge in [0.2, 0.25) is 0 Å². The van der Waals surface area contributed by atoms with Gasteiger partial charge in [-0.3, -0.25) is 0 Å². The van der Waals surface area contributed by atoms with Crippen molar-refractivity contribution in [3.05, 3.63) is 59.4 Å². The molecule has 0 unspecified atom stereocenters. The standard InChI is InChI=1S/C18H18N2.BrH/c1-13-5-4-8-18-19-17(12-20(13)18)16-10-9-14-6-2-3-7-15(14)11-16;/h4-5,8-12H,2-3,6-7H2,1H3;1H/p-1. The maximum Gasteiger partial charge on any atom is 0.137 e. The lowest BCUT2D eigenvalue weighted by atomic mass is 9.90. The average Bonchev–Trinajstić information content (AvgIpc) is 2.92. The molecule has 0 saturated carbocycles. The second-order valence-corrected chi connectivity index (χ2v) is 5.71. The van der Waals surface area contributed by atoms with Gasteiger partial charge in [-0.25, -0.2) is 4.98 Å². The molecule has 0 N–H and O–H groups in total. The van der Waals surface area contributed by atoms with Crippen LogP contribution in [0.2, 0.25) is 0 Å². The zero-order valence-electron chi connectivity index (χ0n) is 12.1. The van der Waals surface area contributed by atoms with Crippen LogP contribution in [0, 0.1) is 6.92 Å². The predicted octanol–water partition coefficient (Wildman–Crippen LogP) is 1.19. The van der Waals surface area contributed by atoms with Crippen molar-refractivity contribution in [3.8, 4) is 11.3 Å². The Kier molecular flexibility index (Phi) is 3.85. The normalized spacial score (nSPS) is 13.8. The van der Waals surface area contributed by atoms with Crippen LogP contribution in [0.3, 0.4) is 0 Å². The quantitative estimate of drug-likeness (QED) is 0.650. The lowest BCUT2D eigenvalue weighted by Gasteiger charge is -2.15. The summed E-state index contributed by atoms with van der Waals surface area (Å²) in [7, 11) is 0. The monoisotopic (exact) mass is 341 g/mol. The molecule has 0 fully saturated rings. The minimum atomic E-state index is 0. The second-order valence-electron chi connectivity index (χ2n) is 5.71. The van der Waals surface area contributed by atoms with Gasteiger partial charge in [0.15, 0.2) is 0 Å². The van der Waals surface area contributed by atoms with Crippen LogP contribution in [-0.4, -0.2) is 9.38 Å². The van der Waals surface area contributed by atoms with Crippen LogP contribution in [-0.2, 0) is 12.8 Å². The van der Waals surface area contributed by atoms with Gasteiger partial charge >= 0.3 is 0 Å². The zero-order chi connectivity index (χ0) is 13.5. The smallest absolute Gasteiger partial charge is 0.137 e. The number of aromatic nitrogens is 2. The fraction of sp³-hybridized carbons (Fsp3) is 0.278. The number of hydrogen-bond donors (Lipinski definition) is 0. The van der Waals surface area contributed by atoms with Gasteiger partial charge in [-0.15, -0.1) is 0 Å². The molecule has 1 aliphatic carbocycles. The van der Waals surface area contributed by atoms with Crippen LogP contribution in [0.4, 0.5) is 0 Å². The van der Waals surface area contributed by atoms with Gasteiger partial charge in [0.1, 0.15) is 5.65 Å². The van der Waals surface area contributed by atoms with Crippen molar-refractivity contribution in [1.82, 2.24) is 9.38 Å². The Morgan fingerprint density at radius 2 is 1.81 bits per heavy atom. The lowest BCUT2D eigenvalue weighted by Crippen LogP contribution is -3.00. The fourth-order valence-corrected chi connectivity index (χ4v) is 3.18. The molecule has 2 nitrogen and oxygen atoms in total. The summed E-state index contributed by atoms with van der Waals surface area (Å²) >= 11 is 0. The van der Waals surface area contributed by atoms with E-state index in [1.54, 1.807) is 0 Å². The fourth-order valence-electron chi connectivity index (χ4n) is 3.18. The van der Waals surface area contributed by atoms with Crippen molar-refractivity contribution in [2.24, 2.45) is 0 Å². The first kappa shape index (κ1) is 14.3. The van der Waals surface area contributed by atoms with E-state index in [0.717, 1.165) is 11.3 Å². The van der Waals surface area contributed by atoms with Gasteiger partial charge < -0.3 is 21.4 Å². The van der Waals surface area contributed by atoms with Gasteiger partial charge in [0.25, 0.3) is 0 Å². The van der Waals surface area contributed by atoms with Crippen molar-refractivity contribution in [2.75, 3.05) is 0 Å². The van der Waals surface area contributed by atoms with E-state index in [-0.39, 0.29) is 17.0 Å². The van der Waals surface area contributed by atoms with Crippen LogP contribution in [0.25, 0.3) is 16.9 Å². The highest BCUT2D eigenvalue weighted by Gasteiger charge is 2.12. The summed E-state index contributed by atoms with van der Waals surface area (Å²) in [6.45, 7) is 2.12. The Morgan fingerprint density at radius 1 is 1.00 bits per heavy atom. The highest BCUT2D eigenvalue weighted by molar-refractivity contribution is 5.64. The number of fused-ring (bicyclic) bond motifs is 2. The Labute approximate surface area is 135 Å². The molecule has 3 heteroatoms. The molecule has 4 rings (SSSR count). The summed E-state index contributed by atoms with van der Waals surface area (Å²) in [6.07, 6.45) is 7.26. The molecule has 21 heavy (non-hydrogen) atoms. The van der Waals surface area contributed by atoms with Crippen molar-refractivity contribution in [1.29, 1.82) is 0 Å². The Bertz CT molecular complexity index is 789. The molecule has 0 saturated heterocycles. The molecule has 3 aromatic rings. The number of halogens is 1. The molecule has 1 aliphatic rings. The summed E-state index contributed by atoms with van der Waals surface area (Å²) in [5.74, 6) is 0. The molecule has 0 aliphatic heterocycles. The van der Waals surface area contributed by atoms with E-state index in [1.807, 2.05) is 0 Å². The van der Waals surface area contributed by atoms with E-state index < -0.39 is 0 Å². The first-order valence-corrected chi connectivity index (χ1v) is 7.38. The van der Waals surface area contributed by atoms with Crippen LogP contribution < -0.4 is 17.0 Å². The summed E-state index contributed by atoms with van der Waals surface area (Å²) in [6, 6.07) is 13.1. The first-order valence-electron chi connectivity index (χ1n) is 7.38. The van der Waals surface area contributed by atoms with Crippen molar-refractivity contribution in [3.63, 3.8) is 0 Å². The number of nitrogens with zero attached hydrogens (tertiary/aromatic N) is 2. The summed E-state index contributed by atoms with van der Waals surface area (Å²) in [4.78, 5) is 4.76. The highest BCUT2D eigenvalue weighted by atomic mass is 79.9. The zero-order valence-corrected chi connectivity index (χ0v) is 13.7. The third-order valence-corrected chi connectivity index (χ3v) is 4.34. The number of hydrogen-bond acceptors (Lipinski definition) is 1. The van der Waals surface area contributed by atoms with E-state index in [2.05, 4.69) is 53.9 Å². The van der Waals surface area contributed by atoms with Gasteiger partial charge in [0, 0.05) is 17.5 Å². The molecule has 2 aromatic heterocycles.